The molecule has 0 aromatic heterocycles. The van der Waals surface area contributed by atoms with Crippen molar-refractivity contribution in [1.29, 1.82) is 0 Å². The Morgan fingerprint density at radius 1 is 1.17 bits per heavy atom. The van der Waals surface area contributed by atoms with Crippen molar-refractivity contribution in [3.05, 3.63) is 28.8 Å². The van der Waals surface area contributed by atoms with Gasteiger partial charge in [-0.3, -0.25) is 9.59 Å². The van der Waals surface area contributed by atoms with E-state index in [1.807, 2.05) is 12.1 Å². The first-order valence-corrected chi connectivity index (χ1v) is 8.51. The normalized spacial score (nSPS) is 18.2. The van der Waals surface area contributed by atoms with Gasteiger partial charge in [0.15, 0.2) is 0 Å². The summed E-state index contributed by atoms with van der Waals surface area (Å²) in [5, 5.41) is 0. The molecule has 3 rings (SSSR count). The minimum Gasteiger partial charge on any atom is -0.492 e. The summed E-state index contributed by atoms with van der Waals surface area (Å²) < 4.78 is 5.94. The van der Waals surface area contributed by atoms with E-state index >= 15 is 0 Å². The highest BCUT2D eigenvalue weighted by Gasteiger charge is 2.36. The van der Waals surface area contributed by atoms with Gasteiger partial charge in [-0.2, -0.15) is 0 Å². The van der Waals surface area contributed by atoms with Gasteiger partial charge >= 0.3 is 0 Å². The minimum absolute atomic E-state index is 0.0581. The Hall–Kier alpha value is -2.08. The van der Waals surface area contributed by atoms with E-state index in [9.17, 15) is 9.59 Å². The summed E-state index contributed by atoms with van der Waals surface area (Å²) in [7, 11) is 0. The van der Waals surface area contributed by atoms with Crippen molar-refractivity contribution in [3.63, 3.8) is 0 Å². The third-order valence-corrected chi connectivity index (χ3v) is 4.71. The first-order chi connectivity index (χ1) is 11.1. The average molecular weight is 324 g/mol. The molecule has 24 heavy (non-hydrogen) atoms. The first-order valence-electron chi connectivity index (χ1n) is 8.51. The number of Topliss-reactive ketones (excluding diaryl/α,β-unsaturated/α-hetero) is 2. The van der Waals surface area contributed by atoms with Gasteiger partial charge in [0, 0.05) is 28.0 Å². The number of ketones is 2. The number of rotatable bonds is 2. The zero-order valence-corrected chi connectivity index (χ0v) is 15.1. The Balaban J connectivity index is 2.02. The van der Waals surface area contributed by atoms with Crippen LogP contribution in [-0.4, -0.2) is 18.2 Å². The van der Waals surface area contributed by atoms with Crippen molar-refractivity contribution < 1.29 is 14.3 Å². The maximum Gasteiger partial charge on any atom is 0.236 e. The van der Waals surface area contributed by atoms with Gasteiger partial charge in [0.25, 0.3) is 0 Å². The summed E-state index contributed by atoms with van der Waals surface area (Å²) in [6.45, 7) is 11.1. The lowest BCUT2D eigenvalue weighted by atomic mass is 9.79. The van der Waals surface area contributed by atoms with E-state index in [4.69, 9.17) is 4.74 Å². The summed E-state index contributed by atoms with van der Waals surface area (Å²) in [6.07, 6.45) is 1.81. The van der Waals surface area contributed by atoms with Gasteiger partial charge in [0.2, 0.25) is 11.6 Å². The van der Waals surface area contributed by atoms with Crippen molar-refractivity contribution in [3.8, 4) is 17.6 Å². The van der Waals surface area contributed by atoms with Crippen LogP contribution in [0.5, 0.6) is 5.75 Å². The second-order valence-electron chi connectivity index (χ2n) is 8.54. The number of carbonyl (C=O) groups excluding carboxylic acids is 2. The van der Waals surface area contributed by atoms with Gasteiger partial charge in [-0.1, -0.05) is 34.6 Å². The molecule has 3 nitrogen and oxygen atoms in total. The molecule has 126 valence electrons. The van der Waals surface area contributed by atoms with Crippen LogP contribution >= 0.6 is 0 Å². The number of hydrogen-bond donors (Lipinski definition) is 0. The molecule has 1 saturated carbocycles. The number of fused-ring (bicyclic) bond motifs is 1. The molecule has 0 amide bonds. The zero-order valence-electron chi connectivity index (χ0n) is 15.1. The zero-order chi connectivity index (χ0) is 17.7. The highest BCUT2D eigenvalue weighted by molar-refractivity contribution is 6.13. The lowest BCUT2D eigenvalue weighted by molar-refractivity contribution is -0.114. The fraction of sp³-hybridized carbons (Fsp3) is 0.524. The molecule has 1 fully saturated rings. The van der Waals surface area contributed by atoms with E-state index in [0.29, 0.717) is 12.2 Å². The minimum atomic E-state index is -0.292. The average Bonchev–Trinajstić information content (AvgIpc) is 3.29. The van der Waals surface area contributed by atoms with E-state index in [1.54, 1.807) is 0 Å². The second-order valence-corrected chi connectivity index (χ2v) is 8.54. The Morgan fingerprint density at radius 3 is 2.42 bits per heavy atom. The van der Waals surface area contributed by atoms with Gasteiger partial charge in [0.1, 0.15) is 5.75 Å². The van der Waals surface area contributed by atoms with E-state index in [0.717, 1.165) is 29.7 Å². The van der Waals surface area contributed by atoms with E-state index in [-0.39, 0.29) is 28.3 Å². The molecule has 1 aliphatic heterocycles. The summed E-state index contributed by atoms with van der Waals surface area (Å²) in [4.78, 5) is 24.2. The van der Waals surface area contributed by atoms with Crippen LogP contribution < -0.4 is 4.74 Å². The largest absolute Gasteiger partial charge is 0.492 e. The smallest absolute Gasteiger partial charge is 0.236 e. The fourth-order valence-corrected chi connectivity index (χ4v) is 2.94. The molecule has 0 bridgehead atoms. The van der Waals surface area contributed by atoms with Crippen LogP contribution in [-0.2, 0) is 15.6 Å². The first kappa shape index (κ1) is 16.8. The molecule has 0 radical (unpaired) electrons. The standard InChI is InChI=1S/C21H24O3/c1-20(2,3)15-10-14(11-16-19(15)24-12-21(16,4)5)18(23)9-8-17(22)13-6-7-13/h10-11,13H,6-7,12H2,1-5H3. The number of benzene rings is 1. The molecular formula is C21H24O3. The number of carbonyl (C=O) groups is 2. The number of ether oxygens (including phenoxy) is 1. The summed E-state index contributed by atoms with van der Waals surface area (Å²) in [5.41, 5.74) is 2.34. The predicted molar refractivity (Wildman–Crippen MR) is 93.5 cm³/mol. The molecule has 1 aromatic rings. The van der Waals surface area contributed by atoms with Crippen molar-refractivity contribution in [1.82, 2.24) is 0 Å². The Morgan fingerprint density at radius 2 is 1.83 bits per heavy atom. The van der Waals surface area contributed by atoms with E-state index < -0.39 is 0 Å². The maximum absolute atomic E-state index is 12.5. The lowest BCUT2D eigenvalue weighted by Gasteiger charge is -2.23. The highest BCUT2D eigenvalue weighted by Crippen LogP contribution is 2.45. The van der Waals surface area contributed by atoms with Crippen LogP contribution in [0.4, 0.5) is 0 Å². The quantitative estimate of drug-likeness (QED) is 0.472. The van der Waals surface area contributed by atoms with E-state index in [1.165, 1.54) is 0 Å². The molecule has 1 aliphatic carbocycles. The Labute approximate surface area is 143 Å². The van der Waals surface area contributed by atoms with Gasteiger partial charge in [-0.25, -0.2) is 0 Å². The van der Waals surface area contributed by atoms with Crippen molar-refractivity contribution in [2.75, 3.05) is 6.61 Å². The molecule has 0 unspecified atom stereocenters. The molecule has 1 heterocycles. The molecule has 1 aromatic carbocycles. The monoisotopic (exact) mass is 324 g/mol. The maximum atomic E-state index is 12.5. The topological polar surface area (TPSA) is 43.4 Å². The summed E-state index contributed by atoms with van der Waals surface area (Å²) in [6, 6.07) is 3.76. The Kier molecular flexibility index (Phi) is 3.83. The molecule has 0 saturated heterocycles. The predicted octanol–water partition coefficient (Wildman–Crippen LogP) is 3.82. The second kappa shape index (κ2) is 5.48. The van der Waals surface area contributed by atoms with Gasteiger partial charge in [0.05, 0.1) is 6.61 Å². The van der Waals surface area contributed by atoms with E-state index in [2.05, 4.69) is 46.5 Å². The van der Waals surface area contributed by atoms with Gasteiger partial charge in [-0.05, 0) is 42.2 Å². The van der Waals surface area contributed by atoms with Crippen molar-refractivity contribution >= 4 is 11.6 Å². The third-order valence-electron chi connectivity index (χ3n) is 4.71. The van der Waals surface area contributed by atoms with Crippen LogP contribution in [0.1, 0.15) is 68.9 Å². The van der Waals surface area contributed by atoms with Crippen LogP contribution in [0.3, 0.4) is 0 Å². The van der Waals surface area contributed by atoms with Gasteiger partial charge in [-0.15, -0.1) is 0 Å². The highest BCUT2D eigenvalue weighted by atomic mass is 16.5. The summed E-state index contributed by atoms with van der Waals surface area (Å²) >= 11 is 0. The lowest BCUT2D eigenvalue weighted by Crippen LogP contribution is -2.19. The molecule has 0 atom stereocenters. The summed E-state index contributed by atoms with van der Waals surface area (Å²) in [5.74, 6) is 5.61. The van der Waals surface area contributed by atoms with Crippen LogP contribution in [0, 0.1) is 17.8 Å². The van der Waals surface area contributed by atoms with Crippen molar-refractivity contribution in [2.45, 2.75) is 58.3 Å². The SMILES string of the molecule is CC(C)(C)c1cc(C(=O)C#CC(=O)C2CC2)cc2c1OCC2(C)C. The molecular weight excluding hydrogens is 300 g/mol. The molecule has 0 spiro atoms. The Bertz CT molecular complexity index is 778. The third kappa shape index (κ3) is 3.11. The van der Waals surface area contributed by atoms with Crippen molar-refractivity contribution in [2.24, 2.45) is 5.92 Å². The molecule has 3 heteroatoms. The number of hydrogen-bond acceptors (Lipinski definition) is 3. The van der Waals surface area contributed by atoms with Crippen LogP contribution in [0.25, 0.3) is 0 Å². The fourth-order valence-electron chi connectivity index (χ4n) is 2.94. The molecule has 0 N–H and O–H groups in total. The van der Waals surface area contributed by atoms with Crippen LogP contribution in [0.2, 0.25) is 0 Å². The van der Waals surface area contributed by atoms with Gasteiger partial charge < -0.3 is 4.74 Å². The van der Waals surface area contributed by atoms with Crippen LogP contribution in [0.15, 0.2) is 12.1 Å². The molecule has 2 aliphatic rings.